The first kappa shape index (κ1) is 28.2. The fourth-order valence-corrected chi connectivity index (χ4v) is 4.41. The summed E-state index contributed by atoms with van der Waals surface area (Å²) in [4.78, 5) is 60.0. The van der Waals surface area contributed by atoms with Crippen LogP contribution in [0.2, 0.25) is 0 Å². The van der Waals surface area contributed by atoms with E-state index in [1.807, 2.05) is 30.3 Å². The Morgan fingerprint density at radius 3 is 2.51 bits per heavy atom. The van der Waals surface area contributed by atoms with Crippen LogP contribution in [0.3, 0.4) is 0 Å². The number of carbonyl (C=O) groups is 4. The van der Waals surface area contributed by atoms with Crippen LogP contribution in [0.5, 0.6) is 0 Å². The first-order chi connectivity index (χ1) is 17.8. The maximum Gasteiger partial charge on any atom is 0.254 e. The highest BCUT2D eigenvalue weighted by Gasteiger charge is 2.50. The summed E-state index contributed by atoms with van der Waals surface area (Å²) in [6, 6.07) is 7.19. The summed E-state index contributed by atoms with van der Waals surface area (Å²) in [6.45, 7) is 1.76. The van der Waals surface area contributed by atoms with Crippen LogP contribution in [-0.2, 0) is 35.1 Å². The normalized spacial score (nSPS) is 19.5. The summed E-state index contributed by atoms with van der Waals surface area (Å²) in [5.41, 5.74) is -1.83. The second kappa shape index (κ2) is 12.7. The Balaban J connectivity index is 1.79. The van der Waals surface area contributed by atoms with Crippen LogP contribution in [0, 0.1) is 0 Å². The van der Waals surface area contributed by atoms with Gasteiger partial charge in [-0.3, -0.25) is 19.4 Å². The van der Waals surface area contributed by atoms with Crippen LogP contribution in [0.15, 0.2) is 48.9 Å². The predicted molar refractivity (Wildman–Crippen MR) is 138 cm³/mol. The molecule has 3 unspecified atom stereocenters. The largest absolute Gasteiger partial charge is 0.382 e. The molecule has 3 rings (SSSR count). The first-order valence-electron chi connectivity index (χ1n) is 11.6. The average molecular weight is 530 g/mol. The molecule has 4 atom stereocenters. The number of nitrogens with zero attached hydrogens (tertiary/aromatic N) is 2. The van der Waals surface area contributed by atoms with E-state index in [4.69, 9.17) is 9.47 Å². The van der Waals surface area contributed by atoms with Crippen LogP contribution in [0.1, 0.15) is 12.5 Å². The molecule has 1 aromatic heterocycles. The number of aldehydes is 1. The van der Waals surface area contributed by atoms with Crippen molar-refractivity contribution < 1.29 is 28.7 Å². The van der Waals surface area contributed by atoms with Gasteiger partial charge in [-0.25, -0.2) is 4.98 Å². The number of ketones is 1. The Hall–Kier alpha value is -3.35. The number of methoxy groups -OCH3 is 1. The number of nitrogens with one attached hydrogen (secondary N) is 3. The average Bonchev–Trinajstić information content (AvgIpc) is 3.66. The fraction of sp³-hybridized carbons (Fsp3) is 0.440. The Labute approximate surface area is 219 Å². The van der Waals surface area contributed by atoms with Gasteiger partial charge in [0.2, 0.25) is 5.91 Å². The number of hydrogen-bond donors (Lipinski definition) is 3. The number of Topliss-reactive ketones (excluding diaryl/α,β-unsaturated/α-hetero) is 1. The Bertz CT molecular complexity index is 1090. The van der Waals surface area contributed by atoms with Gasteiger partial charge in [-0.1, -0.05) is 30.3 Å². The number of ether oxygens (including phenoxy) is 2. The number of carbonyl (C=O) groups excluding carboxylic acids is 4. The van der Waals surface area contributed by atoms with Crippen molar-refractivity contribution in [3.63, 3.8) is 0 Å². The predicted octanol–water partition coefficient (Wildman–Crippen LogP) is 0.406. The topological polar surface area (TPSA) is 152 Å². The van der Waals surface area contributed by atoms with Crippen molar-refractivity contribution in [2.75, 3.05) is 37.6 Å². The van der Waals surface area contributed by atoms with Gasteiger partial charge in [-0.05, 0) is 25.2 Å². The van der Waals surface area contributed by atoms with Crippen LogP contribution < -0.4 is 16.0 Å². The summed E-state index contributed by atoms with van der Waals surface area (Å²) >= 11 is 1.26. The van der Waals surface area contributed by atoms with Crippen LogP contribution in [0.25, 0.3) is 0 Å². The lowest BCUT2D eigenvalue weighted by atomic mass is 9.94. The lowest BCUT2D eigenvalue weighted by Crippen LogP contribution is -2.62. The summed E-state index contributed by atoms with van der Waals surface area (Å²) < 4.78 is 10.5. The maximum atomic E-state index is 13.4. The van der Waals surface area contributed by atoms with E-state index in [0.29, 0.717) is 6.29 Å². The van der Waals surface area contributed by atoms with E-state index in [1.54, 1.807) is 13.2 Å². The zero-order chi connectivity index (χ0) is 26.9. The minimum Gasteiger partial charge on any atom is -0.382 e. The molecule has 0 bridgehead atoms. The zero-order valence-electron chi connectivity index (χ0n) is 20.9. The van der Waals surface area contributed by atoms with Gasteiger partial charge in [0.1, 0.15) is 17.5 Å². The molecule has 0 aliphatic carbocycles. The van der Waals surface area contributed by atoms with Crippen molar-refractivity contribution >= 4 is 41.5 Å². The van der Waals surface area contributed by atoms with Crippen molar-refractivity contribution in [3.8, 4) is 0 Å². The second-order valence-corrected chi connectivity index (χ2v) is 9.72. The lowest BCUT2D eigenvalue weighted by Gasteiger charge is -2.30. The number of anilines is 1. The van der Waals surface area contributed by atoms with Gasteiger partial charge >= 0.3 is 0 Å². The van der Waals surface area contributed by atoms with Gasteiger partial charge in [0.15, 0.2) is 17.6 Å². The second-order valence-electron chi connectivity index (χ2n) is 8.85. The van der Waals surface area contributed by atoms with E-state index in [-0.39, 0.29) is 37.0 Å². The molecule has 2 amide bonds. The molecule has 0 spiro atoms. The van der Waals surface area contributed by atoms with E-state index in [1.165, 1.54) is 37.5 Å². The van der Waals surface area contributed by atoms with Crippen molar-refractivity contribution in [2.24, 2.45) is 0 Å². The minimum atomic E-state index is -1.73. The van der Waals surface area contributed by atoms with Crippen molar-refractivity contribution in [3.05, 3.63) is 54.5 Å². The van der Waals surface area contributed by atoms with Gasteiger partial charge in [-0.15, -0.1) is 0 Å². The van der Waals surface area contributed by atoms with Gasteiger partial charge in [0, 0.05) is 25.3 Å². The minimum absolute atomic E-state index is 0.0606. The summed E-state index contributed by atoms with van der Waals surface area (Å²) in [5.74, 6) is -1.36. The molecular weight excluding hydrogens is 498 g/mol. The quantitative estimate of drug-likeness (QED) is 0.168. The monoisotopic (exact) mass is 529 g/mol. The highest BCUT2D eigenvalue weighted by molar-refractivity contribution is 7.98. The molecular formula is C25H31N5O6S. The molecule has 2 aromatic rings. The summed E-state index contributed by atoms with van der Waals surface area (Å²) in [6.07, 6.45) is 6.72. The third-order valence-corrected chi connectivity index (χ3v) is 6.61. The summed E-state index contributed by atoms with van der Waals surface area (Å²) in [5, 5.41) is 8.19. The highest BCUT2D eigenvalue weighted by atomic mass is 32.2. The molecule has 37 heavy (non-hydrogen) atoms. The molecule has 0 saturated carbocycles. The number of rotatable bonds is 15. The van der Waals surface area contributed by atoms with Gasteiger partial charge in [-0.2, -0.15) is 11.8 Å². The number of hydrogen-bond acceptors (Lipinski definition) is 10. The van der Waals surface area contributed by atoms with E-state index in [0.717, 1.165) is 5.56 Å². The van der Waals surface area contributed by atoms with Gasteiger partial charge in [0.25, 0.3) is 5.91 Å². The van der Waals surface area contributed by atoms with E-state index in [2.05, 4.69) is 25.9 Å². The molecule has 2 heterocycles. The molecule has 1 aromatic carbocycles. The fourth-order valence-electron chi connectivity index (χ4n) is 3.68. The van der Waals surface area contributed by atoms with Gasteiger partial charge in [0.05, 0.1) is 25.5 Å². The van der Waals surface area contributed by atoms with Crippen LogP contribution >= 0.6 is 11.8 Å². The molecule has 12 heteroatoms. The zero-order valence-corrected chi connectivity index (χ0v) is 21.7. The SMILES string of the molecule is COCC(NC(=O)[C@](C=O)(CSC)Nc1cnccn1)C(=O)NC(Cc1ccccc1)C(=O)C1(C)CO1. The molecule has 3 N–H and O–H groups in total. The first-order valence-corrected chi connectivity index (χ1v) is 13.0. The number of amides is 2. The van der Waals surface area contributed by atoms with E-state index in [9.17, 15) is 19.2 Å². The Kier molecular flexibility index (Phi) is 9.73. The Morgan fingerprint density at radius 1 is 1.22 bits per heavy atom. The molecule has 11 nitrogen and oxygen atoms in total. The maximum absolute atomic E-state index is 13.4. The molecule has 1 fully saturated rings. The number of aromatic nitrogens is 2. The summed E-state index contributed by atoms with van der Waals surface area (Å²) in [7, 11) is 1.38. The molecule has 0 radical (unpaired) electrons. The smallest absolute Gasteiger partial charge is 0.254 e. The van der Waals surface area contributed by atoms with Crippen LogP contribution in [0.4, 0.5) is 5.82 Å². The number of epoxide rings is 1. The van der Waals surface area contributed by atoms with Crippen molar-refractivity contribution in [1.29, 1.82) is 0 Å². The molecule has 1 aliphatic rings. The van der Waals surface area contributed by atoms with E-state index < -0.39 is 35.0 Å². The lowest BCUT2D eigenvalue weighted by molar-refractivity contribution is -0.135. The standard InChI is InChI=1S/C25H31N5O6S/c1-24(15-36-24)21(32)18(11-17-7-5-4-6-8-17)28-22(33)19(13-35-2)29-23(34)25(14-31,16-37-3)30-20-12-26-9-10-27-20/h4-10,12,14,18-19H,11,13,15-16H2,1-3H3,(H,27,30)(H,28,33)(H,29,34)/t18?,19?,24?,25-/m0/s1. The highest BCUT2D eigenvalue weighted by Crippen LogP contribution is 2.29. The van der Waals surface area contributed by atoms with Gasteiger partial charge < -0.3 is 30.2 Å². The third-order valence-electron chi connectivity index (χ3n) is 5.86. The molecule has 1 saturated heterocycles. The molecule has 198 valence electrons. The van der Waals surface area contributed by atoms with Crippen molar-refractivity contribution in [2.45, 2.75) is 36.6 Å². The van der Waals surface area contributed by atoms with Crippen LogP contribution in [-0.4, -0.2) is 89.4 Å². The molecule has 1 aliphatic heterocycles. The Morgan fingerprint density at radius 2 is 1.95 bits per heavy atom. The number of thioether (sulfide) groups is 1. The number of benzene rings is 1. The third kappa shape index (κ3) is 7.34. The van der Waals surface area contributed by atoms with E-state index >= 15 is 0 Å². The van der Waals surface area contributed by atoms with Crippen molar-refractivity contribution in [1.82, 2.24) is 20.6 Å².